The van der Waals surface area contributed by atoms with E-state index in [-0.39, 0.29) is 12.6 Å². The Balaban J connectivity index is 1.65. The molecule has 3 aromatic rings. The van der Waals surface area contributed by atoms with Crippen LogP contribution in [-0.2, 0) is 6.67 Å². The van der Waals surface area contributed by atoms with Crippen LogP contribution in [0.4, 0.5) is 0 Å². The molecule has 0 aliphatic heterocycles. The predicted molar refractivity (Wildman–Crippen MR) is 88.0 cm³/mol. The second-order valence-electron chi connectivity index (χ2n) is 5.84. The lowest BCUT2D eigenvalue weighted by atomic mass is 10.2. The lowest BCUT2D eigenvalue weighted by Gasteiger charge is -2.05. The summed E-state index contributed by atoms with van der Waals surface area (Å²) < 4.78 is 1.60. The van der Waals surface area contributed by atoms with E-state index >= 15 is 0 Å². The molecule has 8 heteroatoms. The largest absolute Gasteiger partial charge is 0.350 e. The second kappa shape index (κ2) is 7.03. The zero-order chi connectivity index (χ0) is 16.9. The topological polar surface area (TPSA) is 90.5 Å². The van der Waals surface area contributed by atoms with Gasteiger partial charge < -0.3 is 5.32 Å². The van der Waals surface area contributed by atoms with Crippen molar-refractivity contribution in [3.05, 3.63) is 48.3 Å². The van der Waals surface area contributed by atoms with Crippen LogP contribution in [0.5, 0.6) is 0 Å². The summed E-state index contributed by atoms with van der Waals surface area (Å²) in [5.41, 5.74) is 1.28. The van der Waals surface area contributed by atoms with Gasteiger partial charge in [-0.1, -0.05) is 44.2 Å². The Morgan fingerprint density at radius 2 is 1.96 bits per heavy atom. The van der Waals surface area contributed by atoms with Crippen LogP contribution in [0.2, 0.25) is 0 Å². The van der Waals surface area contributed by atoms with Gasteiger partial charge in [0.25, 0.3) is 5.91 Å². The fourth-order valence-electron chi connectivity index (χ4n) is 2.08. The van der Waals surface area contributed by atoms with Crippen molar-refractivity contribution in [3.63, 3.8) is 0 Å². The zero-order valence-electron chi connectivity index (χ0n) is 13.6. The van der Waals surface area contributed by atoms with Gasteiger partial charge in [0.15, 0.2) is 6.67 Å². The van der Waals surface area contributed by atoms with E-state index in [1.54, 1.807) is 16.9 Å². The normalized spacial score (nSPS) is 11.0. The van der Waals surface area contributed by atoms with Gasteiger partial charge >= 0.3 is 0 Å². The first-order valence-corrected chi connectivity index (χ1v) is 7.76. The fraction of sp³-hybridized carbons (Fsp3) is 0.312. The van der Waals surface area contributed by atoms with Gasteiger partial charge in [-0.25, -0.2) is 4.68 Å². The Bertz CT molecular complexity index is 807. The molecule has 0 unspecified atom stereocenters. The number of hydrogen-bond donors (Lipinski definition) is 1. The molecule has 1 amide bonds. The lowest BCUT2D eigenvalue weighted by Crippen LogP contribution is -2.27. The standard InChI is InChI=1S/C16H19N7O/c1-12(2)10-17-16(24)14-8-9-22(19-14)11-23-20-15(18-21-23)13-6-4-3-5-7-13/h3-9,12H,10-11H2,1-2H3,(H,17,24). The highest BCUT2D eigenvalue weighted by molar-refractivity contribution is 5.92. The fourth-order valence-corrected chi connectivity index (χ4v) is 2.08. The van der Waals surface area contributed by atoms with Gasteiger partial charge in [-0.2, -0.15) is 5.10 Å². The molecule has 0 radical (unpaired) electrons. The van der Waals surface area contributed by atoms with Crippen molar-refractivity contribution < 1.29 is 4.79 Å². The Kier molecular flexibility index (Phi) is 4.64. The quantitative estimate of drug-likeness (QED) is 0.740. The van der Waals surface area contributed by atoms with Crippen LogP contribution in [0.15, 0.2) is 42.6 Å². The SMILES string of the molecule is CC(C)CNC(=O)c1ccn(Cn2nnc(-c3ccccc3)n2)n1. The van der Waals surface area contributed by atoms with Gasteiger partial charge in [-0.3, -0.25) is 4.79 Å². The third-order valence-electron chi connectivity index (χ3n) is 3.30. The molecular weight excluding hydrogens is 306 g/mol. The number of rotatable bonds is 6. The highest BCUT2D eigenvalue weighted by Crippen LogP contribution is 2.11. The number of nitrogens with one attached hydrogen (secondary N) is 1. The third kappa shape index (κ3) is 3.83. The molecule has 8 nitrogen and oxygen atoms in total. The second-order valence-corrected chi connectivity index (χ2v) is 5.84. The van der Waals surface area contributed by atoms with Crippen molar-refractivity contribution in [1.29, 1.82) is 0 Å². The number of carbonyl (C=O) groups excluding carboxylic acids is 1. The maximum Gasteiger partial charge on any atom is 0.271 e. The van der Waals surface area contributed by atoms with Crippen molar-refractivity contribution in [2.24, 2.45) is 5.92 Å². The van der Waals surface area contributed by atoms with E-state index in [0.29, 0.717) is 24.0 Å². The minimum absolute atomic E-state index is 0.182. The zero-order valence-corrected chi connectivity index (χ0v) is 13.6. The van der Waals surface area contributed by atoms with E-state index < -0.39 is 0 Å². The average Bonchev–Trinajstić information content (AvgIpc) is 3.23. The summed E-state index contributed by atoms with van der Waals surface area (Å²) in [6.45, 7) is 4.99. The molecule has 0 spiro atoms. The smallest absolute Gasteiger partial charge is 0.271 e. The number of nitrogens with zero attached hydrogens (tertiary/aromatic N) is 6. The molecule has 0 bridgehead atoms. The van der Waals surface area contributed by atoms with Crippen LogP contribution >= 0.6 is 0 Å². The predicted octanol–water partition coefficient (Wildman–Crippen LogP) is 1.43. The molecule has 0 fully saturated rings. The van der Waals surface area contributed by atoms with Crippen molar-refractivity contribution in [3.8, 4) is 11.4 Å². The Hall–Kier alpha value is -3.03. The van der Waals surface area contributed by atoms with Gasteiger partial charge in [-0.15, -0.1) is 15.0 Å². The minimum atomic E-state index is -0.182. The van der Waals surface area contributed by atoms with Crippen LogP contribution in [0, 0.1) is 5.92 Å². The molecule has 2 heterocycles. The monoisotopic (exact) mass is 325 g/mol. The molecule has 0 saturated carbocycles. The number of carbonyl (C=O) groups is 1. The van der Waals surface area contributed by atoms with Crippen LogP contribution < -0.4 is 5.32 Å². The van der Waals surface area contributed by atoms with Gasteiger partial charge in [0.05, 0.1) is 0 Å². The summed E-state index contributed by atoms with van der Waals surface area (Å²) >= 11 is 0. The van der Waals surface area contributed by atoms with Crippen molar-refractivity contribution in [1.82, 2.24) is 35.3 Å². The molecule has 0 saturated heterocycles. The van der Waals surface area contributed by atoms with Gasteiger partial charge in [0, 0.05) is 18.3 Å². The first kappa shape index (κ1) is 15.9. The van der Waals surface area contributed by atoms with E-state index in [4.69, 9.17) is 0 Å². The van der Waals surface area contributed by atoms with Crippen LogP contribution in [-0.4, -0.2) is 42.4 Å². The average molecular weight is 325 g/mol. The summed E-state index contributed by atoms with van der Waals surface area (Å²) in [6.07, 6.45) is 1.72. The minimum Gasteiger partial charge on any atom is -0.350 e. The Labute approximate surface area is 139 Å². The van der Waals surface area contributed by atoms with Crippen LogP contribution in [0.3, 0.4) is 0 Å². The molecule has 0 aliphatic carbocycles. The third-order valence-corrected chi connectivity index (χ3v) is 3.30. The van der Waals surface area contributed by atoms with E-state index in [1.807, 2.05) is 44.2 Å². The summed E-state index contributed by atoms with van der Waals surface area (Å²) in [5, 5.41) is 19.5. The first-order chi connectivity index (χ1) is 11.6. The molecule has 24 heavy (non-hydrogen) atoms. The van der Waals surface area contributed by atoms with Crippen LogP contribution in [0.25, 0.3) is 11.4 Å². The summed E-state index contributed by atoms with van der Waals surface area (Å²) in [7, 11) is 0. The highest BCUT2D eigenvalue weighted by Gasteiger charge is 2.11. The Morgan fingerprint density at radius 1 is 1.17 bits per heavy atom. The molecule has 0 aliphatic rings. The van der Waals surface area contributed by atoms with Crippen molar-refractivity contribution in [2.75, 3.05) is 6.54 Å². The number of benzene rings is 1. The van der Waals surface area contributed by atoms with E-state index in [0.717, 1.165) is 5.56 Å². The van der Waals surface area contributed by atoms with Crippen molar-refractivity contribution >= 4 is 5.91 Å². The number of hydrogen-bond acceptors (Lipinski definition) is 5. The maximum atomic E-state index is 12.0. The van der Waals surface area contributed by atoms with E-state index in [1.165, 1.54) is 4.80 Å². The molecule has 3 rings (SSSR count). The molecule has 0 atom stereocenters. The van der Waals surface area contributed by atoms with Gasteiger partial charge in [0.1, 0.15) is 5.69 Å². The Morgan fingerprint density at radius 3 is 2.71 bits per heavy atom. The van der Waals surface area contributed by atoms with E-state index in [2.05, 4.69) is 25.8 Å². The lowest BCUT2D eigenvalue weighted by molar-refractivity contribution is 0.0943. The van der Waals surface area contributed by atoms with Crippen molar-refractivity contribution in [2.45, 2.75) is 20.5 Å². The number of aromatic nitrogens is 6. The number of tetrazole rings is 1. The first-order valence-electron chi connectivity index (χ1n) is 7.76. The summed E-state index contributed by atoms with van der Waals surface area (Å²) in [5.74, 6) is 0.767. The van der Waals surface area contributed by atoms with Crippen LogP contribution in [0.1, 0.15) is 24.3 Å². The summed E-state index contributed by atoms with van der Waals surface area (Å²) in [6, 6.07) is 11.3. The molecule has 2 aromatic heterocycles. The molecule has 1 N–H and O–H groups in total. The molecular formula is C16H19N7O. The number of amides is 1. The van der Waals surface area contributed by atoms with Gasteiger partial charge in [0.2, 0.25) is 5.82 Å². The summed E-state index contributed by atoms with van der Waals surface area (Å²) in [4.78, 5) is 13.4. The molecule has 124 valence electrons. The van der Waals surface area contributed by atoms with Gasteiger partial charge in [-0.05, 0) is 17.2 Å². The maximum absolute atomic E-state index is 12.0. The highest BCUT2D eigenvalue weighted by atomic mass is 16.1. The van der Waals surface area contributed by atoms with E-state index in [9.17, 15) is 4.79 Å². The molecule has 1 aromatic carbocycles.